The first kappa shape index (κ1) is 10.1. The van der Waals surface area contributed by atoms with Gasteiger partial charge < -0.3 is 4.42 Å². The van der Waals surface area contributed by atoms with Crippen molar-refractivity contribution in [1.82, 2.24) is 4.98 Å². The minimum Gasteiger partial charge on any atom is -0.445 e. The van der Waals surface area contributed by atoms with E-state index in [1.54, 1.807) is 30.4 Å². The molecule has 5 heteroatoms. The lowest BCUT2D eigenvalue weighted by Crippen LogP contribution is -1.90. The molecular weight excluding hydrogens is 208 g/mol. The van der Waals surface area contributed by atoms with E-state index in [2.05, 4.69) is 4.98 Å². The highest BCUT2D eigenvalue weighted by atomic mass is 16.6. The average Bonchev–Trinajstić information content (AvgIpc) is 2.79. The summed E-state index contributed by atoms with van der Waals surface area (Å²) in [6.45, 7) is 0. The minimum atomic E-state index is -0.421. The molecule has 2 aromatic rings. The Morgan fingerprint density at radius 2 is 2.12 bits per heavy atom. The van der Waals surface area contributed by atoms with E-state index < -0.39 is 4.92 Å². The number of rotatable bonds is 3. The molecule has 0 saturated heterocycles. The zero-order valence-electron chi connectivity index (χ0n) is 8.24. The highest BCUT2D eigenvalue weighted by Crippen LogP contribution is 2.19. The molecule has 0 atom stereocenters. The molecule has 2 rings (SSSR count). The Balaban J connectivity index is 2.31. The van der Waals surface area contributed by atoms with Crippen LogP contribution in [0.1, 0.15) is 11.5 Å². The summed E-state index contributed by atoms with van der Waals surface area (Å²) in [7, 11) is 0. The Morgan fingerprint density at radius 3 is 2.81 bits per heavy atom. The highest BCUT2D eigenvalue weighted by Gasteiger charge is 2.09. The van der Waals surface area contributed by atoms with Crippen LogP contribution in [-0.2, 0) is 0 Å². The van der Waals surface area contributed by atoms with Gasteiger partial charge in [-0.2, -0.15) is 0 Å². The van der Waals surface area contributed by atoms with Crippen LogP contribution in [0.3, 0.4) is 0 Å². The number of para-hydroxylation sites is 1. The van der Waals surface area contributed by atoms with E-state index in [4.69, 9.17) is 4.42 Å². The number of benzene rings is 1. The molecule has 0 aliphatic rings. The van der Waals surface area contributed by atoms with Crippen molar-refractivity contribution in [3.8, 4) is 0 Å². The Labute approximate surface area is 91.2 Å². The molecule has 1 heterocycles. The van der Waals surface area contributed by atoms with Crippen molar-refractivity contribution in [2.24, 2.45) is 0 Å². The first-order valence-electron chi connectivity index (χ1n) is 4.58. The fourth-order valence-electron chi connectivity index (χ4n) is 1.27. The second kappa shape index (κ2) is 4.39. The van der Waals surface area contributed by atoms with Gasteiger partial charge in [0, 0.05) is 12.1 Å². The third-order valence-electron chi connectivity index (χ3n) is 1.99. The Bertz CT molecular complexity index is 518. The van der Waals surface area contributed by atoms with Crippen LogP contribution in [0.5, 0.6) is 0 Å². The lowest BCUT2D eigenvalue weighted by atomic mass is 10.1. The maximum absolute atomic E-state index is 10.7. The number of aromatic nitrogens is 1. The number of nitrogens with zero attached hydrogens (tertiary/aromatic N) is 2. The maximum atomic E-state index is 10.7. The van der Waals surface area contributed by atoms with Crippen LogP contribution in [0, 0.1) is 10.1 Å². The summed E-state index contributed by atoms with van der Waals surface area (Å²) in [5.41, 5.74) is 0.580. The predicted octanol–water partition coefficient (Wildman–Crippen LogP) is 2.75. The van der Waals surface area contributed by atoms with Gasteiger partial charge in [0.1, 0.15) is 6.26 Å². The van der Waals surface area contributed by atoms with Crippen LogP contribution in [0.4, 0.5) is 5.69 Å². The zero-order valence-corrected chi connectivity index (χ0v) is 8.24. The van der Waals surface area contributed by atoms with Crippen LogP contribution in [0.2, 0.25) is 0 Å². The van der Waals surface area contributed by atoms with Gasteiger partial charge in [-0.25, -0.2) is 4.98 Å². The zero-order chi connectivity index (χ0) is 11.4. The van der Waals surface area contributed by atoms with Gasteiger partial charge >= 0.3 is 0 Å². The summed E-state index contributed by atoms with van der Waals surface area (Å²) in [6.07, 6.45) is 6.14. The molecule has 0 saturated carbocycles. The number of nitro benzene ring substituents is 1. The molecule has 0 spiro atoms. The van der Waals surface area contributed by atoms with Crippen molar-refractivity contribution in [3.63, 3.8) is 0 Å². The second-order valence-corrected chi connectivity index (χ2v) is 3.02. The molecule has 16 heavy (non-hydrogen) atoms. The van der Waals surface area contributed by atoms with Crippen LogP contribution < -0.4 is 0 Å². The molecule has 0 amide bonds. The van der Waals surface area contributed by atoms with E-state index in [-0.39, 0.29) is 5.69 Å². The molecule has 0 unspecified atom stereocenters. The molecule has 0 radical (unpaired) electrons. The summed E-state index contributed by atoms with van der Waals surface area (Å²) in [6, 6.07) is 6.48. The normalized spacial score (nSPS) is 10.8. The molecular formula is C11H8N2O3. The fraction of sp³-hybridized carbons (Fsp3) is 0. The first-order chi connectivity index (χ1) is 7.77. The van der Waals surface area contributed by atoms with Crippen LogP contribution >= 0.6 is 0 Å². The SMILES string of the molecule is O=[N+]([O-])c1ccccc1C=Cc1ncco1. The quantitative estimate of drug-likeness (QED) is 0.584. The van der Waals surface area contributed by atoms with Crippen molar-refractivity contribution < 1.29 is 9.34 Å². The highest BCUT2D eigenvalue weighted by molar-refractivity contribution is 5.71. The van der Waals surface area contributed by atoms with E-state index in [0.29, 0.717) is 11.5 Å². The number of hydrogen-bond acceptors (Lipinski definition) is 4. The number of nitro groups is 1. The molecule has 0 fully saturated rings. The monoisotopic (exact) mass is 216 g/mol. The van der Waals surface area contributed by atoms with Gasteiger partial charge in [-0.3, -0.25) is 10.1 Å². The standard InChI is InChI=1S/C11H8N2O3/c14-13(15)10-4-2-1-3-9(10)5-6-11-12-7-8-16-11/h1-8H. The predicted molar refractivity (Wildman–Crippen MR) is 58.5 cm³/mol. The van der Waals surface area contributed by atoms with Gasteiger partial charge in [0.2, 0.25) is 5.89 Å². The molecule has 0 aliphatic carbocycles. The van der Waals surface area contributed by atoms with Crippen molar-refractivity contribution in [3.05, 3.63) is 58.3 Å². The van der Waals surface area contributed by atoms with Crippen molar-refractivity contribution in [1.29, 1.82) is 0 Å². The van der Waals surface area contributed by atoms with Crippen LogP contribution in [0.25, 0.3) is 12.2 Å². The molecule has 0 aliphatic heterocycles. The van der Waals surface area contributed by atoms with Crippen LogP contribution in [-0.4, -0.2) is 9.91 Å². The van der Waals surface area contributed by atoms with Gasteiger partial charge in [-0.05, 0) is 12.1 Å². The molecule has 0 bridgehead atoms. The topological polar surface area (TPSA) is 69.2 Å². The van der Waals surface area contributed by atoms with E-state index >= 15 is 0 Å². The van der Waals surface area contributed by atoms with Gasteiger partial charge in [-0.15, -0.1) is 0 Å². The van der Waals surface area contributed by atoms with E-state index in [9.17, 15) is 10.1 Å². The van der Waals surface area contributed by atoms with E-state index in [1.807, 2.05) is 0 Å². The number of hydrogen-bond donors (Lipinski definition) is 0. The third kappa shape index (κ3) is 2.14. The fourth-order valence-corrected chi connectivity index (χ4v) is 1.27. The second-order valence-electron chi connectivity index (χ2n) is 3.02. The lowest BCUT2D eigenvalue weighted by Gasteiger charge is -1.95. The van der Waals surface area contributed by atoms with E-state index in [0.717, 1.165) is 0 Å². The van der Waals surface area contributed by atoms with Gasteiger partial charge in [0.25, 0.3) is 5.69 Å². The van der Waals surface area contributed by atoms with Crippen molar-refractivity contribution in [2.45, 2.75) is 0 Å². The molecule has 1 aromatic heterocycles. The lowest BCUT2D eigenvalue weighted by molar-refractivity contribution is -0.385. The van der Waals surface area contributed by atoms with Gasteiger partial charge in [0.15, 0.2) is 0 Å². The Morgan fingerprint density at radius 1 is 1.31 bits per heavy atom. The minimum absolute atomic E-state index is 0.0605. The molecule has 0 N–H and O–H groups in total. The summed E-state index contributed by atoms with van der Waals surface area (Å²) in [5, 5.41) is 10.7. The Hall–Kier alpha value is -2.43. The van der Waals surface area contributed by atoms with E-state index in [1.165, 1.54) is 18.5 Å². The summed E-state index contributed by atoms with van der Waals surface area (Å²) >= 11 is 0. The summed E-state index contributed by atoms with van der Waals surface area (Å²) in [5.74, 6) is 0.415. The molecule has 1 aromatic carbocycles. The summed E-state index contributed by atoms with van der Waals surface area (Å²) < 4.78 is 4.99. The summed E-state index contributed by atoms with van der Waals surface area (Å²) in [4.78, 5) is 14.2. The van der Waals surface area contributed by atoms with Crippen molar-refractivity contribution in [2.75, 3.05) is 0 Å². The van der Waals surface area contributed by atoms with Crippen LogP contribution in [0.15, 0.2) is 41.1 Å². The first-order valence-corrected chi connectivity index (χ1v) is 4.58. The molecule has 80 valence electrons. The van der Waals surface area contributed by atoms with Gasteiger partial charge in [0.05, 0.1) is 16.7 Å². The maximum Gasteiger partial charge on any atom is 0.276 e. The largest absolute Gasteiger partial charge is 0.445 e. The smallest absolute Gasteiger partial charge is 0.276 e. The average molecular weight is 216 g/mol. The molecule has 5 nitrogen and oxygen atoms in total. The van der Waals surface area contributed by atoms with Crippen molar-refractivity contribution >= 4 is 17.8 Å². The number of oxazole rings is 1. The van der Waals surface area contributed by atoms with Gasteiger partial charge in [-0.1, -0.05) is 12.1 Å². The Kier molecular flexibility index (Phi) is 2.77. The third-order valence-corrected chi connectivity index (χ3v) is 1.99.